The van der Waals surface area contributed by atoms with Crippen molar-refractivity contribution in [2.45, 2.75) is 13.3 Å². The van der Waals surface area contributed by atoms with Crippen LogP contribution < -0.4 is 4.90 Å². The fourth-order valence-electron chi connectivity index (χ4n) is 2.42. The van der Waals surface area contributed by atoms with E-state index in [1.807, 2.05) is 16.0 Å². The standard InChI is InChI=1S/C14H15N3O2S/c1-10-3-2-6-16(9-10)13-11(4-5-12(18)19)17-7-8-20-14(17)15-13/h3-5,7-8H,2,6,9H2,1H3,(H,18,19)/b5-4+. The van der Waals surface area contributed by atoms with Gasteiger partial charge in [0.2, 0.25) is 0 Å². The fraction of sp³-hybridized carbons (Fsp3) is 0.286. The number of imidazole rings is 1. The van der Waals surface area contributed by atoms with Gasteiger partial charge >= 0.3 is 5.97 Å². The number of hydrogen-bond donors (Lipinski definition) is 1. The molecule has 104 valence electrons. The lowest BCUT2D eigenvalue weighted by atomic mass is 10.1. The van der Waals surface area contributed by atoms with Crippen molar-refractivity contribution in [2.24, 2.45) is 0 Å². The summed E-state index contributed by atoms with van der Waals surface area (Å²) >= 11 is 1.55. The lowest BCUT2D eigenvalue weighted by Crippen LogP contribution is -2.30. The van der Waals surface area contributed by atoms with Gasteiger partial charge in [-0.3, -0.25) is 4.40 Å². The molecule has 0 aliphatic carbocycles. The predicted octanol–water partition coefficient (Wildman–Crippen LogP) is 2.65. The summed E-state index contributed by atoms with van der Waals surface area (Å²) in [7, 11) is 0. The molecule has 0 atom stereocenters. The van der Waals surface area contributed by atoms with Crippen LogP contribution in [-0.2, 0) is 4.79 Å². The third-order valence-corrected chi connectivity index (χ3v) is 4.05. The molecule has 0 radical (unpaired) electrons. The molecule has 0 spiro atoms. The number of fused-ring (bicyclic) bond motifs is 1. The van der Waals surface area contributed by atoms with Crippen LogP contribution in [0, 0.1) is 0 Å². The topological polar surface area (TPSA) is 57.8 Å². The van der Waals surface area contributed by atoms with Gasteiger partial charge in [-0.2, -0.15) is 0 Å². The third kappa shape index (κ3) is 2.34. The van der Waals surface area contributed by atoms with Crippen molar-refractivity contribution in [1.29, 1.82) is 0 Å². The van der Waals surface area contributed by atoms with Crippen molar-refractivity contribution in [3.8, 4) is 0 Å². The number of carbonyl (C=O) groups is 1. The number of rotatable bonds is 3. The predicted molar refractivity (Wildman–Crippen MR) is 80.3 cm³/mol. The summed E-state index contributed by atoms with van der Waals surface area (Å²) in [4.78, 5) is 18.5. The quantitative estimate of drug-likeness (QED) is 0.697. The van der Waals surface area contributed by atoms with Crippen molar-refractivity contribution in [3.05, 3.63) is 35.0 Å². The summed E-state index contributed by atoms with van der Waals surface area (Å²) in [5.41, 5.74) is 2.15. The minimum absolute atomic E-state index is 0.832. The maximum atomic E-state index is 10.8. The monoisotopic (exact) mass is 289 g/mol. The zero-order valence-electron chi connectivity index (χ0n) is 11.1. The van der Waals surface area contributed by atoms with E-state index in [0.29, 0.717) is 0 Å². The summed E-state index contributed by atoms with van der Waals surface area (Å²) in [6.45, 7) is 3.87. The molecule has 0 fully saturated rings. The smallest absolute Gasteiger partial charge is 0.328 e. The van der Waals surface area contributed by atoms with Gasteiger partial charge in [0, 0.05) is 30.7 Å². The minimum atomic E-state index is -0.948. The van der Waals surface area contributed by atoms with Crippen LogP contribution in [0.1, 0.15) is 19.0 Å². The molecule has 0 bridgehead atoms. The van der Waals surface area contributed by atoms with Gasteiger partial charge in [-0.15, -0.1) is 11.3 Å². The van der Waals surface area contributed by atoms with Gasteiger partial charge in [-0.1, -0.05) is 11.6 Å². The van der Waals surface area contributed by atoms with Gasteiger partial charge < -0.3 is 10.0 Å². The van der Waals surface area contributed by atoms with Gasteiger partial charge in [-0.05, 0) is 19.4 Å². The van der Waals surface area contributed by atoms with E-state index in [1.165, 1.54) is 5.57 Å². The Balaban J connectivity index is 2.05. The van der Waals surface area contributed by atoms with Crippen molar-refractivity contribution >= 4 is 34.2 Å². The highest BCUT2D eigenvalue weighted by Crippen LogP contribution is 2.28. The maximum absolute atomic E-state index is 10.8. The molecule has 3 rings (SSSR count). The van der Waals surface area contributed by atoms with Crippen molar-refractivity contribution < 1.29 is 9.90 Å². The second kappa shape index (κ2) is 5.13. The third-order valence-electron chi connectivity index (χ3n) is 3.30. The lowest BCUT2D eigenvalue weighted by Gasteiger charge is -2.26. The molecule has 3 heterocycles. The summed E-state index contributed by atoms with van der Waals surface area (Å²) in [5.74, 6) is -0.0855. The van der Waals surface area contributed by atoms with Gasteiger partial charge in [0.25, 0.3) is 0 Å². The van der Waals surface area contributed by atoms with Crippen LogP contribution in [0.25, 0.3) is 11.0 Å². The van der Waals surface area contributed by atoms with Crippen molar-refractivity contribution in [1.82, 2.24) is 9.38 Å². The number of carboxylic acid groups (broad SMARTS) is 1. The number of aromatic nitrogens is 2. The molecule has 1 N–H and O–H groups in total. The summed E-state index contributed by atoms with van der Waals surface area (Å²) in [6, 6.07) is 0. The van der Waals surface area contributed by atoms with Crippen LogP contribution in [0.5, 0.6) is 0 Å². The second-order valence-corrected chi connectivity index (χ2v) is 5.68. The van der Waals surface area contributed by atoms with Crippen molar-refractivity contribution in [3.63, 3.8) is 0 Å². The molecule has 0 aromatic carbocycles. The Labute approximate surface area is 120 Å². The molecule has 5 nitrogen and oxygen atoms in total. The zero-order chi connectivity index (χ0) is 14.1. The Morgan fingerprint density at radius 3 is 3.15 bits per heavy atom. The average molecular weight is 289 g/mol. The van der Waals surface area contributed by atoms with Gasteiger partial charge in [0.15, 0.2) is 10.8 Å². The highest BCUT2D eigenvalue weighted by atomic mass is 32.1. The first-order valence-electron chi connectivity index (χ1n) is 6.42. The number of aliphatic carboxylic acids is 1. The number of hydrogen-bond acceptors (Lipinski definition) is 4. The maximum Gasteiger partial charge on any atom is 0.328 e. The molecule has 1 aliphatic rings. The van der Waals surface area contributed by atoms with Crippen molar-refractivity contribution in [2.75, 3.05) is 18.0 Å². The molecule has 0 unspecified atom stereocenters. The molecule has 0 saturated carbocycles. The van der Waals surface area contributed by atoms with E-state index in [-0.39, 0.29) is 0 Å². The van der Waals surface area contributed by atoms with Crippen LogP contribution in [0.15, 0.2) is 29.3 Å². The van der Waals surface area contributed by atoms with Crippen LogP contribution >= 0.6 is 11.3 Å². The molecule has 6 heteroatoms. The Hall–Kier alpha value is -2.08. The van der Waals surface area contributed by atoms with E-state index in [0.717, 1.165) is 42.1 Å². The van der Waals surface area contributed by atoms with E-state index >= 15 is 0 Å². The minimum Gasteiger partial charge on any atom is -0.478 e. The fourth-order valence-corrected chi connectivity index (χ4v) is 3.14. The highest BCUT2D eigenvalue weighted by Gasteiger charge is 2.19. The summed E-state index contributed by atoms with van der Waals surface area (Å²) in [6.07, 6.45) is 7.95. The van der Waals surface area contributed by atoms with Crippen LogP contribution in [0.2, 0.25) is 0 Å². The number of nitrogens with zero attached hydrogens (tertiary/aromatic N) is 3. The Morgan fingerprint density at radius 2 is 2.40 bits per heavy atom. The molecule has 0 saturated heterocycles. The first kappa shape index (κ1) is 12.9. The molecule has 1 aliphatic heterocycles. The number of anilines is 1. The van der Waals surface area contributed by atoms with Gasteiger partial charge in [0.1, 0.15) is 0 Å². The van der Waals surface area contributed by atoms with E-state index < -0.39 is 5.97 Å². The van der Waals surface area contributed by atoms with Gasteiger partial charge in [0.05, 0.1) is 5.69 Å². The molecule has 20 heavy (non-hydrogen) atoms. The Morgan fingerprint density at radius 1 is 1.55 bits per heavy atom. The first-order valence-corrected chi connectivity index (χ1v) is 7.30. The molecule has 2 aromatic rings. The molecular weight excluding hydrogens is 274 g/mol. The summed E-state index contributed by atoms with van der Waals surface area (Å²) in [5, 5.41) is 10.8. The van der Waals surface area contributed by atoms with E-state index in [2.05, 4.69) is 22.9 Å². The first-order chi connectivity index (χ1) is 9.65. The molecular formula is C14H15N3O2S. The van der Waals surface area contributed by atoms with E-state index in [4.69, 9.17) is 5.11 Å². The molecule has 0 amide bonds. The summed E-state index contributed by atoms with van der Waals surface area (Å²) < 4.78 is 1.94. The normalized spacial score (nSPS) is 16.1. The van der Waals surface area contributed by atoms with E-state index in [9.17, 15) is 4.79 Å². The van der Waals surface area contributed by atoms with Crippen LogP contribution in [-0.4, -0.2) is 33.6 Å². The van der Waals surface area contributed by atoms with Crippen LogP contribution in [0.3, 0.4) is 0 Å². The molecule has 2 aromatic heterocycles. The largest absolute Gasteiger partial charge is 0.478 e. The van der Waals surface area contributed by atoms with Crippen LogP contribution in [0.4, 0.5) is 5.82 Å². The highest BCUT2D eigenvalue weighted by molar-refractivity contribution is 7.15. The zero-order valence-corrected chi connectivity index (χ0v) is 11.9. The lowest BCUT2D eigenvalue weighted by molar-refractivity contribution is -0.131. The second-order valence-electron chi connectivity index (χ2n) is 4.81. The SMILES string of the molecule is CC1=CCCN(c2nc3sccn3c2/C=C/C(=O)O)C1. The number of carboxylic acids is 1. The Bertz CT molecular complexity index is 711. The van der Waals surface area contributed by atoms with Gasteiger partial charge in [-0.25, -0.2) is 9.78 Å². The number of thiazole rings is 1. The Kier molecular flexibility index (Phi) is 3.31. The van der Waals surface area contributed by atoms with E-state index in [1.54, 1.807) is 17.4 Å². The average Bonchev–Trinajstić information content (AvgIpc) is 2.96.